The van der Waals surface area contributed by atoms with E-state index in [1.165, 1.54) is 0 Å². The molecule has 0 radical (unpaired) electrons. The van der Waals surface area contributed by atoms with Gasteiger partial charge in [-0.2, -0.15) is 4.98 Å². The highest BCUT2D eigenvalue weighted by Gasteiger charge is 2.34. The van der Waals surface area contributed by atoms with Crippen molar-refractivity contribution in [3.8, 4) is 0 Å². The zero-order valence-electron chi connectivity index (χ0n) is 15.5. The van der Waals surface area contributed by atoms with E-state index in [2.05, 4.69) is 15.5 Å². The number of amides is 2. The third kappa shape index (κ3) is 3.78. The minimum atomic E-state index is -0.207. The number of nitrogens with zero attached hydrogens (tertiary/aromatic N) is 3. The van der Waals surface area contributed by atoms with Crippen molar-refractivity contribution in [2.24, 2.45) is 0 Å². The van der Waals surface area contributed by atoms with Gasteiger partial charge in [-0.1, -0.05) is 41.1 Å². The summed E-state index contributed by atoms with van der Waals surface area (Å²) in [5.41, 5.74) is 2.58. The van der Waals surface area contributed by atoms with Crippen LogP contribution in [0.3, 0.4) is 0 Å². The number of nitrogens with one attached hydrogen (secondary N) is 1. The Morgan fingerprint density at radius 2 is 1.93 bits per heavy atom. The number of rotatable bonds is 5. The van der Waals surface area contributed by atoms with Crippen molar-refractivity contribution in [1.29, 1.82) is 0 Å². The van der Waals surface area contributed by atoms with E-state index in [-0.39, 0.29) is 24.3 Å². The highest BCUT2D eigenvalue weighted by molar-refractivity contribution is 5.96. The zero-order valence-corrected chi connectivity index (χ0v) is 15.5. The Labute approximate surface area is 162 Å². The Morgan fingerprint density at radius 3 is 2.68 bits per heavy atom. The zero-order chi connectivity index (χ0) is 19.5. The summed E-state index contributed by atoms with van der Waals surface area (Å²) in [6.45, 7) is 2.66. The quantitative estimate of drug-likeness (QED) is 0.740. The summed E-state index contributed by atoms with van der Waals surface area (Å²) in [5, 5.41) is 6.76. The molecule has 1 fully saturated rings. The van der Waals surface area contributed by atoms with Gasteiger partial charge in [0, 0.05) is 30.1 Å². The summed E-state index contributed by atoms with van der Waals surface area (Å²) in [6, 6.07) is 16.8. The van der Waals surface area contributed by atoms with Crippen LogP contribution in [0.4, 0.5) is 5.69 Å². The third-order valence-electron chi connectivity index (χ3n) is 4.76. The summed E-state index contributed by atoms with van der Waals surface area (Å²) in [5.74, 6) is 0.517. The Balaban J connectivity index is 1.38. The van der Waals surface area contributed by atoms with E-state index in [4.69, 9.17) is 4.52 Å². The standard InChI is InChI=1S/C21H20N4O3/c1-14-7-9-17(10-8-14)25-13-16(11-19(25)26)20-23-18(28-24-20)12-22-21(27)15-5-3-2-4-6-15/h2-10,16H,11-13H2,1H3,(H,22,27). The van der Waals surface area contributed by atoms with Gasteiger partial charge in [0.25, 0.3) is 5.91 Å². The van der Waals surface area contributed by atoms with Gasteiger partial charge in [0.05, 0.1) is 6.54 Å². The van der Waals surface area contributed by atoms with Crippen molar-refractivity contribution >= 4 is 17.5 Å². The van der Waals surface area contributed by atoms with Crippen LogP contribution in [0.2, 0.25) is 0 Å². The minimum absolute atomic E-state index is 0.0394. The summed E-state index contributed by atoms with van der Waals surface area (Å²) in [6.07, 6.45) is 0.337. The number of benzene rings is 2. The van der Waals surface area contributed by atoms with Crippen molar-refractivity contribution in [3.63, 3.8) is 0 Å². The number of aryl methyl sites for hydroxylation is 1. The molecule has 0 spiro atoms. The molecule has 1 aliphatic heterocycles. The van der Waals surface area contributed by atoms with Crippen LogP contribution in [0.25, 0.3) is 0 Å². The summed E-state index contributed by atoms with van der Waals surface area (Å²) >= 11 is 0. The van der Waals surface area contributed by atoms with E-state index < -0.39 is 0 Å². The Morgan fingerprint density at radius 1 is 1.18 bits per heavy atom. The monoisotopic (exact) mass is 376 g/mol. The fourth-order valence-corrected chi connectivity index (χ4v) is 3.21. The van der Waals surface area contributed by atoms with Gasteiger partial charge in [-0.25, -0.2) is 0 Å². The van der Waals surface area contributed by atoms with Gasteiger partial charge in [-0.05, 0) is 31.2 Å². The van der Waals surface area contributed by atoms with E-state index in [1.807, 2.05) is 37.3 Å². The first-order valence-electron chi connectivity index (χ1n) is 9.13. The molecular weight excluding hydrogens is 356 g/mol. The SMILES string of the molecule is Cc1ccc(N2CC(c3noc(CNC(=O)c4ccccc4)n3)CC2=O)cc1. The average molecular weight is 376 g/mol. The molecule has 1 unspecified atom stereocenters. The van der Waals surface area contributed by atoms with Crippen LogP contribution in [-0.4, -0.2) is 28.5 Å². The van der Waals surface area contributed by atoms with E-state index >= 15 is 0 Å². The lowest BCUT2D eigenvalue weighted by Crippen LogP contribution is -2.24. The number of carbonyl (C=O) groups excluding carboxylic acids is 2. The Bertz CT molecular complexity index is 982. The minimum Gasteiger partial charge on any atom is -0.343 e. The molecule has 0 saturated carbocycles. The second-order valence-corrected chi connectivity index (χ2v) is 6.84. The summed E-state index contributed by atoms with van der Waals surface area (Å²) in [7, 11) is 0. The van der Waals surface area contributed by atoms with Crippen LogP contribution in [0.5, 0.6) is 0 Å². The Kier molecular flexibility index (Phi) is 4.89. The summed E-state index contributed by atoms with van der Waals surface area (Å²) < 4.78 is 5.25. The maximum absolute atomic E-state index is 12.4. The van der Waals surface area contributed by atoms with Gasteiger partial charge >= 0.3 is 0 Å². The molecule has 28 heavy (non-hydrogen) atoms. The van der Waals surface area contributed by atoms with Crippen molar-refractivity contribution in [1.82, 2.24) is 15.5 Å². The van der Waals surface area contributed by atoms with Gasteiger partial charge in [0.1, 0.15) is 0 Å². The number of hydrogen-bond donors (Lipinski definition) is 1. The van der Waals surface area contributed by atoms with Crippen LogP contribution < -0.4 is 10.2 Å². The van der Waals surface area contributed by atoms with Gasteiger partial charge in [-0.3, -0.25) is 9.59 Å². The normalized spacial score (nSPS) is 16.4. The topological polar surface area (TPSA) is 88.3 Å². The molecule has 1 N–H and O–H groups in total. The summed E-state index contributed by atoms with van der Waals surface area (Å²) in [4.78, 5) is 30.6. The molecule has 1 atom stereocenters. The number of hydrogen-bond acceptors (Lipinski definition) is 5. The molecule has 2 heterocycles. The van der Waals surface area contributed by atoms with Gasteiger partial charge in [0.2, 0.25) is 11.8 Å². The van der Waals surface area contributed by atoms with Crippen LogP contribution in [0.1, 0.15) is 40.0 Å². The molecule has 7 nitrogen and oxygen atoms in total. The molecule has 0 aliphatic carbocycles. The van der Waals surface area contributed by atoms with Gasteiger partial charge in [0.15, 0.2) is 5.82 Å². The van der Waals surface area contributed by atoms with Crippen molar-refractivity contribution in [3.05, 3.63) is 77.4 Å². The number of anilines is 1. The second kappa shape index (κ2) is 7.64. The maximum Gasteiger partial charge on any atom is 0.251 e. The molecule has 1 saturated heterocycles. The lowest BCUT2D eigenvalue weighted by molar-refractivity contribution is -0.117. The predicted octanol–water partition coefficient (Wildman–Crippen LogP) is 2.83. The van der Waals surface area contributed by atoms with Crippen LogP contribution in [0.15, 0.2) is 59.1 Å². The van der Waals surface area contributed by atoms with Crippen molar-refractivity contribution in [2.75, 3.05) is 11.4 Å². The Hall–Kier alpha value is -3.48. The third-order valence-corrected chi connectivity index (χ3v) is 4.76. The van der Waals surface area contributed by atoms with Crippen molar-refractivity contribution < 1.29 is 14.1 Å². The van der Waals surface area contributed by atoms with E-state index in [0.717, 1.165) is 11.3 Å². The van der Waals surface area contributed by atoms with E-state index in [0.29, 0.717) is 30.2 Å². The second-order valence-electron chi connectivity index (χ2n) is 6.84. The van der Waals surface area contributed by atoms with Gasteiger partial charge in [-0.15, -0.1) is 0 Å². The highest BCUT2D eigenvalue weighted by Crippen LogP contribution is 2.30. The molecule has 1 aliphatic rings. The maximum atomic E-state index is 12.4. The molecule has 7 heteroatoms. The number of carbonyl (C=O) groups is 2. The fraction of sp³-hybridized carbons (Fsp3) is 0.238. The molecule has 4 rings (SSSR count). The molecule has 2 aromatic carbocycles. The lowest BCUT2D eigenvalue weighted by atomic mass is 10.1. The molecule has 2 amide bonds. The first kappa shape index (κ1) is 17.9. The first-order chi connectivity index (χ1) is 13.6. The van der Waals surface area contributed by atoms with E-state index in [1.54, 1.807) is 29.2 Å². The molecule has 142 valence electrons. The molecular formula is C21H20N4O3. The van der Waals surface area contributed by atoms with Crippen LogP contribution >= 0.6 is 0 Å². The number of aromatic nitrogens is 2. The molecule has 1 aromatic heterocycles. The largest absolute Gasteiger partial charge is 0.343 e. The smallest absolute Gasteiger partial charge is 0.251 e. The van der Waals surface area contributed by atoms with Crippen LogP contribution in [0, 0.1) is 6.92 Å². The molecule has 3 aromatic rings. The fourth-order valence-electron chi connectivity index (χ4n) is 3.21. The first-order valence-corrected chi connectivity index (χ1v) is 9.13. The van der Waals surface area contributed by atoms with Crippen LogP contribution in [-0.2, 0) is 11.3 Å². The van der Waals surface area contributed by atoms with Crippen molar-refractivity contribution in [2.45, 2.75) is 25.8 Å². The van der Waals surface area contributed by atoms with Gasteiger partial charge < -0.3 is 14.7 Å². The highest BCUT2D eigenvalue weighted by atomic mass is 16.5. The molecule has 0 bridgehead atoms. The van der Waals surface area contributed by atoms with E-state index in [9.17, 15) is 9.59 Å². The average Bonchev–Trinajstić information content (AvgIpc) is 3.34. The predicted molar refractivity (Wildman–Crippen MR) is 103 cm³/mol. The lowest BCUT2D eigenvalue weighted by Gasteiger charge is -2.16.